The molecule has 0 radical (unpaired) electrons. The fourth-order valence-electron chi connectivity index (χ4n) is 3.35. The number of carbonyl (C=O) groups is 2. The van der Waals surface area contributed by atoms with E-state index >= 15 is 0 Å². The quantitative estimate of drug-likeness (QED) is 0.743. The van der Waals surface area contributed by atoms with E-state index in [1.807, 2.05) is 0 Å². The fraction of sp³-hybridized carbons (Fsp3) is 0.400. The molecule has 0 bridgehead atoms. The molecule has 1 aliphatic carbocycles. The zero-order valence-electron chi connectivity index (χ0n) is 15.5. The van der Waals surface area contributed by atoms with E-state index in [1.165, 1.54) is 11.3 Å². The van der Waals surface area contributed by atoms with Gasteiger partial charge in [-0.25, -0.2) is 4.79 Å². The van der Waals surface area contributed by atoms with Gasteiger partial charge in [0.15, 0.2) is 18.1 Å². The fourth-order valence-corrected chi connectivity index (χ4v) is 4.64. The maximum absolute atomic E-state index is 12.4. The van der Waals surface area contributed by atoms with E-state index in [4.69, 9.17) is 18.9 Å². The van der Waals surface area contributed by atoms with Crippen molar-refractivity contribution in [2.45, 2.75) is 32.6 Å². The lowest BCUT2D eigenvalue weighted by Crippen LogP contribution is -2.21. The first-order valence-electron chi connectivity index (χ1n) is 9.29. The van der Waals surface area contributed by atoms with Crippen molar-refractivity contribution in [3.05, 3.63) is 34.2 Å². The van der Waals surface area contributed by atoms with Crippen LogP contribution in [0.4, 0.5) is 5.00 Å². The lowest BCUT2D eigenvalue weighted by atomic mass is 9.95. The van der Waals surface area contributed by atoms with E-state index in [0.29, 0.717) is 34.4 Å². The molecule has 4 rings (SSSR count). The van der Waals surface area contributed by atoms with Crippen molar-refractivity contribution in [1.82, 2.24) is 0 Å². The highest BCUT2D eigenvalue weighted by Crippen LogP contribution is 2.39. The molecule has 1 aromatic heterocycles. The molecular formula is C20H21NO6S. The number of rotatable bonds is 6. The van der Waals surface area contributed by atoms with Crippen molar-refractivity contribution in [2.24, 2.45) is 0 Å². The second-order valence-electron chi connectivity index (χ2n) is 6.49. The van der Waals surface area contributed by atoms with Gasteiger partial charge in [0.05, 0.1) is 12.2 Å². The Hall–Kier alpha value is -2.74. The zero-order valence-corrected chi connectivity index (χ0v) is 16.4. The molecule has 0 spiro atoms. The Morgan fingerprint density at radius 3 is 2.86 bits per heavy atom. The average Bonchev–Trinajstić information content (AvgIpc) is 3.30. The number of nitrogens with one attached hydrogen (secondary N) is 1. The summed E-state index contributed by atoms with van der Waals surface area (Å²) in [5, 5.41) is 3.37. The minimum absolute atomic E-state index is 0.176. The molecule has 0 unspecified atom stereocenters. The third-order valence-corrected chi connectivity index (χ3v) is 5.83. The Balaban J connectivity index is 1.45. The van der Waals surface area contributed by atoms with E-state index in [2.05, 4.69) is 5.32 Å². The summed E-state index contributed by atoms with van der Waals surface area (Å²) < 4.78 is 21.3. The average molecular weight is 403 g/mol. The summed E-state index contributed by atoms with van der Waals surface area (Å²) in [5.74, 6) is 1.04. The first kappa shape index (κ1) is 18.6. The summed E-state index contributed by atoms with van der Waals surface area (Å²) in [7, 11) is 0. The van der Waals surface area contributed by atoms with Crippen molar-refractivity contribution in [1.29, 1.82) is 0 Å². The van der Waals surface area contributed by atoms with Crippen LogP contribution in [-0.2, 0) is 22.4 Å². The van der Waals surface area contributed by atoms with Crippen LogP contribution in [0.2, 0.25) is 0 Å². The molecule has 1 amide bonds. The first-order chi connectivity index (χ1) is 13.7. The molecule has 1 aromatic carbocycles. The molecule has 0 saturated carbocycles. The second kappa shape index (κ2) is 8.10. The van der Waals surface area contributed by atoms with E-state index in [1.54, 1.807) is 25.1 Å². The molecular weight excluding hydrogens is 382 g/mol. The first-order valence-corrected chi connectivity index (χ1v) is 10.1. The van der Waals surface area contributed by atoms with Crippen LogP contribution in [0.5, 0.6) is 17.2 Å². The number of amides is 1. The normalized spacial score (nSPS) is 14.3. The van der Waals surface area contributed by atoms with Gasteiger partial charge in [-0.05, 0) is 50.3 Å². The topological polar surface area (TPSA) is 83.1 Å². The Morgan fingerprint density at radius 1 is 1.18 bits per heavy atom. The molecule has 2 aromatic rings. The Kier molecular flexibility index (Phi) is 5.38. The van der Waals surface area contributed by atoms with E-state index in [9.17, 15) is 9.59 Å². The third kappa shape index (κ3) is 3.77. The lowest BCUT2D eigenvalue weighted by Gasteiger charge is -2.12. The molecule has 2 aliphatic rings. The van der Waals surface area contributed by atoms with Crippen LogP contribution in [0.3, 0.4) is 0 Å². The Bertz CT molecular complexity index is 906. The molecule has 7 nitrogen and oxygen atoms in total. The molecule has 0 fully saturated rings. The standard InChI is InChI=1S/C20H21NO6S/c1-2-24-20(23)18-13-5-3-4-6-16(13)28-19(18)21-17(22)10-25-12-7-8-14-15(9-12)27-11-26-14/h7-9H,2-6,10-11H2,1H3,(H,21,22). The minimum atomic E-state index is -0.381. The van der Waals surface area contributed by atoms with Gasteiger partial charge in [0.2, 0.25) is 6.79 Å². The van der Waals surface area contributed by atoms with Crippen molar-refractivity contribution in [3.8, 4) is 17.2 Å². The lowest BCUT2D eigenvalue weighted by molar-refractivity contribution is -0.118. The molecule has 1 aliphatic heterocycles. The van der Waals surface area contributed by atoms with Gasteiger partial charge >= 0.3 is 5.97 Å². The molecule has 0 atom stereocenters. The van der Waals surface area contributed by atoms with Crippen molar-refractivity contribution >= 4 is 28.2 Å². The van der Waals surface area contributed by atoms with Gasteiger partial charge in [-0.1, -0.05) is 0 Å². The molecule has 8 heteroatoms. The van der Waals surface area contributed by atoms with Gasteiger partial charge in [-0.2, -0.15) is 0 Å². The maximum atomic E-state index is 12.4. The van der Waals surface area contributed by atoms with Gasteiger partial charge in [-0.15, -0.1) is 11.3 Å². The summed E-state index contributed by atoms with van der Waals surface area (Å²) in [5.41, 5.74) is 1.51. The molecule has 1 N–H and O–H groups in total. The van der Waals surface area contributed by atoms with E-state index in [0.717, 1.165) is 36.1 Å². The number of esters is 1. The van der Waals surface area contributed by atoms with Crippen LogP contribution in [-0.4, -0.2) is 31.9 Å². The molecule has 148 valence electrons. The number of benzene rings is 1. The highest BCUT2D eigenvalue weighted by atomic mass is 32.1. The van der Waals surface area contributed by atoms with Gasteiger partial charge in [0.25, 0.3) is 5.91 Å². The number of anilines is 1. The zero-order chi connectivity index (χ0) is 19.5. The molecule has 2 heterocycles. The number of hydrogen-bond acceptors (Lipinski definition) is 7. The summed E-state index contributed by atoms with van der Waals surface area (Å²) in [6, 6.07) is 5.14. The predicted molar refractivity (Wildman–Crippen MR) is 104 cm³/mol. The van der Waals surface area contributed by atoms with Crippen LogP contribution in [0.15, 0.2) is 18.2 Å². The highest BCUT2D eigenvalue weighted by Gasteiger charge is 2.27. The number of aryl methyl sites for hydroxylation is 1. The van der Waals surface area contributed by atoms with Crippen molar-refractivity contribution in [2.75, 3.05) is 25.3 Å². The van der Waals surface area contributed by atoms with Crippen LogP contribution >= 0.6 is 11.3 Å². The van der Waals surface area contributed by atoms with Crippen molar-refractivity contribution in [3.63, 3.8) is 0 Å². The highest BCUT2D eigenvalue weighted by molar-refractivity contribution is 7.17. The maximum Gasteiger partial charge on any atom is 0.341 e. The number of hydrogen-bond donors (Lipinski definition) is 1. The predicted octanol–water partition coefficient (Wildman–Crippen LogP) is 3.55. The van der Waals surface area contributed by atoms with Gasteiger partial charge in [0.1, 0.15) is 10.8 Å². The number of thiophene rings is 1. The minimum Gasteiger partial charge on any atom is -0.484 e. The summed E-state index contributed by atoms with van der Waals surface area (Å²) >= 11 is 1.46. The van der Waals surface area contributed by atoms with Crippen molar-refractivity contribution < 1.29 is 28.5 Å². The van der Waals surface area contributed by atoms with Gasteiger partial charge in [0, 0.05) is 10.9 Å². The summed E-state index contributed by atoms with van der Waals surface area (Å²) in [4.78, 5) is 26.0. The van der Waals surface area contributed by atoms with Gasteiger partial charge < -0.3 is 24.3 Å². The van der Waals surface area contributed by atoms with Crippen LogP contribution in [0, 0.1) is 0 Å². The summed E-state index contributed by atoms with van der Waals surface area (Å²) in [6.07, 6.45) is 3.90. The largest absolute Gasteiger partial charge is 0.484 e. The number of ether oxygens (including phenoxy) is 4. The second-order valence-corrected chi connectivity index (χ2v) is 7.59. The number of carbonyl (C=O) groups excluding carboxylic acids is 2. The SMILES string of the molecule is CCOC(=O)c1c(NC(=O)COc2ccc3c(c2)OCO3)sc2c1CCCC2. The van der Waals surface area contributed by atoms with E-state index in [-0.39, 0.29) is 25.3 Å². The Morgan fingerprint density at radius 2 is 2.00 bits per heavy atom. The van der Waals surface area contributed by atoms with Gasteiger partial charge in [-0.3, -0.25) is 4.79 Å². The molecule has 0 saturated heterocycles. The van der Waals surface area contributed by atoms with E-state index < -0.39 is 0 Å². The van der Waals surface area contributed by atoms with Crippen LogP contribution in [0.25, 0.3) is 0 Å². The molecule has 28 heavy (non-hydrogen) atoms. The smallest absolute Gasteiger partial charge is 0.341 e. The van der Waals surface area contributed by atoms with Crippen LogP contribution in [0.1, 0.15) is 40.6 Å². The monoisotopic (exact) mass is 403 g/mol. The third-order valence-electron chi connectivity index (χ3n) is 4.62. The van der Waals surface area contributed by atoms with Crippen LogP contribution < -0.4 is 19.5 Å². The summed E-state index contributed by atoms with van der Waals surface area (Å²) in [6.45, 7) is 2.07. The number of fused-ring (bicyclic) bond motifs is 2. The Labute approximate surface area is 166 Å².